The molecule has 2 aromatic rings. The van der Waals surface area contributed by atoms with Gasteiger partial charge in [-0.3, -0.25) is 9.89 Å². The van der Waals surface area contributed by atoms with Crippen LogP contribution >= 0.6 is 15.9 Å². The Bertz CT molecular complexity index is 556. The Morgan fingerprint density at radius 2 is 2.32 bits per heavy atom. The lowest BCUT2D eigenvalue weighted by Gasteiger charge is -2.08. The standard InChI is InChI=1S/C11H13BrN6O/c1-13-10-8(4-7(12)5-15-10)11(19)14-3-2-9-16-6-17-18-9/h4-6H,2-3H2,1H3,(H,13,15)(H,14,19)(H,16,17,18). The van der Waals surface area contributed by atoms with Gasteiger partial charge >= 0.3 is 0 Å². The van der Waals surface area contributed by atoms with Crippen LogP contribution in [0.3, 0.4) is 0 Å². The molecule has 0 bridgehead atoms. The van der Waals surface area contributed by atoms with Crippen molar-refractivity contribution in [2.45, 2.75) is 6.42 Å². The van der Waals surface area contributed by atoms with Crippen molar-refractivity contribution in [1.29, 1.82) is 0 Å². The third-order valence-corrected chi connectivity index (χ3v) is 2.88. The van der Waals surface area contributed by atoms with E-state index in [-0.39, 0.29) is 5.91 Å². The van der Waals surface area contributed by atoms with Crippen LogP contribution in [0, 0.1) is 0 Å². The molecule has 7 nitrogen and oxygen atoms in total. The number of amides is 1. The molecule has 0 saturated heterocycles. The summed E-state index contributed by atoms with van der Waals surface area (Å²) >= 11 is 3.30. The lowest BCUT2D eigenvalue weighted by Crippen LogP contribution is -2.27. The number of anilines is 1. The second-order valence-electron chi connectivity index (χ2n) is 3.74. The number of carbonyl (C=O) groups excluding carboxylic acids is 1. The van der Waals surface area contributed by atoms with Gasteiger partial charge < -0.3 is 10.6 Å². The summed E-state index contributed by atoms with van der Waals surface area (Å²) in [7, 11) is 1.72. The van der Waals surface area contributed by atoms with Gasteiger partial charge in [0.1, 0.15) is 18.0 Å². The fourth-order valence-corrected chi connectivity index (χ4v) is 1.88. The van der Waals surface area contributed by atoms with Gasteiger partial charge in [0, 0.05) is 30.7 Å². The summed E-state index contributed by atoms with van der Waals surface area (Å²) < 4.78 is 0.756. The Morgan fingerprint density at radius 3 is 3.00 bits per heavy atom. The van der Waals surface area contributed by atoms with Crippen LogP contribution in [-0.4, -0.2) is 39.7 Å². The van der Waals surface area contributed by atoms with E-state index in [4.69, 9.17) is 0 Å². The molecule has 3 N–H and O–H groups in total. The Balaban J connectivity index is 1.97. The average Bonchev–Trinajstić information content (AvgIpc) is 2.91. The number of nitrogens with zero attached hydrogens (tertiary/aromatic N) is 3. The highest BCUT2D eigenvalue weighted by Gasteiger charge is 2.12. The first kappa shape index (κ1) is 13.5. The van der Waals surface area contributed by atoms with Crippen molar-refractivity contribution in [3.63, 3.8) is 0 Å². The lowest BCUT2D eigenvalue weighted by molar-refractivity contribution is 0.0954. The monoisotopic (exact) mass is 324 g/mol. The molecule has 100 valence electrons. The molecule has 8 heteroatoms. The minimum absolute atomic E-state index is 0.183. The van der Waals surface area contributed by atoms with Gasteiger partial charge in [0.05, 0.1) is 5.56 Å². The summed E-state index contributed by atoms with van der Waals surface area (Å²) in [5.74, 6) is 1.10. The van der Waals surface area contributed by atoms with Gasteiger partial charge in [-0.2, -0.15) is 5.10 Å². The van der Waals surface area contributed by atoms with Crippen molar-refractivity contribution in [2.24, 2.45) is 0 Å². The molecule has 2 heterocycles. The molecule has 0 atom stereocenters. The number of rotatable bonds is 5. The quantitative estimate of drug-likeness (QED) is 0.761. The van der Waals surface area contributed by atoms with E-state index >= 15 is 0 Å². The highest BCUT2D eigenvalue weighted by atomic mass is 79.9. The number of halogens is 1. The van der Waals surface area contributed by atoms with Crippen molar-refractivity contribution in [1.82, 2.24) is 25.5 Å². The predicted octanol–water partition coefficient (Wildman–Crippen LogP) is 0.976. The van der Waals surface area contributed by atoms with Crippen molar-refractivity contribution < 1.29 is 4.79 Å². The number of aromatic amines is 1. The molecular formula is C11H13BrN6O. The molecule has 0 spiro atoms. The molecule has 0 fully saturated rings. The minimum Gasteiger partial charge on any atom is -0.372 e. The fourth-order valence-electron chi connectivity index (χ4n) is 1.55. The van der Waals surface area contributed by atoms with Crippen LogP contribution < -0.4 is 10.6 Å². The highest BCUT2D eigenvalue weighted by molar-refractivity contribution is 9.10. The average molecular weight is 325 g/mol. The van der Waals surface area contributed by atoms with Crippen LogP contribution in [0.4, 0.5) is 5.82 Å². The number of H-pyrrole nitrogens is 1. The van der Waals surface area contributed by atoms with E-state index < -0.39 is 0 Å². The fraction of sp³-hybridized carbons (Fsp3) is 0.273. The highest BCUT2D eigenvalue weighted by Crippen LogP contribution is 2.17. The zero-order valence-corrected chi connectivity index (χ0v) is 11.9. The molecular weight excluding hydrogens is 312 g/mol. The maximum atomic E-state index is 12.0. The number of nitrogens with one attached hydrogen (secondary N) is 3. The van der Waals surface area contributed by atoms with Crippen molar-refractivity contribution in [3.05, 3.63) is 34.5 Å². The van der Waals surface area contributed by atoms with Gasteiger partial charge in [-0.05, 0) is 22.0 Å². The lowest BCUT2D eigenvalue weighted by atomic mass is 10.2. The van der Waals surface area contributed by atoms with Crippen molar-refractivity contribution in [2.75, 3.05) is 18.9 Å². The molecule has 0 aliphatic heterocycles. The van der Waals surface area contributed by atoms with Crippen LogP contribution in [0.15, 0.2) is 23.1 Å². The zero-order chi connectivity index (χ0) is 13.7. The molecule has 0 radical (unpaired) electrons. The van der Waals surface area contributed by atoms with Gasteiger partial charge in [0.25, 0.3) is 5.91 Å². The number of aromatic nitrogens is 4. The molecule has 2 rings (SSSR count). The first-order valence-corrected chi connectivity index (χ1v) is 6.45. The minimum atomic E-state index is -0.183. The van der Waals surface area contributed by atoms with E-state index in [2.05, 4.69) is 46.7 Å². The second-order valence-corrected chi connectivity index (χ2v) is 4.65. The third-order valence-electron chi connectivity index (χ3n) is 2.45. The molecule has 2 aromatic heterocycles. The summed E-state index contributed by atoms with van der Waals surface area (Å²) in [6.07, 6.45) is 3.67. The topological polar surface area (TPSA) is 95.6 Å². The Hall–Kier alpha value is -1.96. The summed E-state index contributed by atoms with van der Waals surface area (Å²) in [6, 6.07) is 1.72. The van der Waals surface area contributed by atoms with Crippen LogP contribution in [0.1, 0.15) is 16.2 Å². The Kier molecular flexibility index (Phi) is 4.45. The first-order valence-electron chi connectivity index (χ1n) is 5.66. The van der Waals surface area contributed by atoms with Gasteiger partial charge in [-0.15, -0.1) is 0 Å². The van der Waals surface area contributed by atoms with E-state index in [0.29, 0.717) is 24.3 Å². The van der Waals surface area contributed by atoms with Crippen LogP contribution in [0.25, 0.3) is 0 Å². The van der Waals surface area contributed by atoms with E-state index in [1.54, 1.807) is 19.3 Å². The maximum absolute atomic E-state index is 12.0. The van der Waals surface area contributed by atoms with E-state index in [9.17, 15) is 4.79 Å². The second kappa shape index (κ2) is 6.28. The molecule has 0 aliphatic rings. The third kappa shape index (κ3) is 3.50. The van der Waals surface area contributed by atoms with E-state index in [1.165, 1.54) is 6.33 Å². The normalized spacial score (nSPS) is 10.2. The molecule has 0 unspecified atom stereocenters. The first-order chi connectivity index (χ1) is 9.20. The number of pyridine rings is 1. The Morgan fingerprint density at radius 1 is 1.47 bits per heavy atom. The largest absolute Gasteiger partial charge is 0.372 e. The van der Waals surface area contributed by atoms with Crippen molar-refractivity contribution >= 4 is 27.7 Å². The smallest absolute Gasteiger partial charge is 0.255 e. The predicted molar refractivity (Wildman–Crippen MR) is 73.9 cm³/mol. The molecule has 1 amide bonds. The summed E-state index contributed by atoms with van der Waals surface area (Å²) in [5, 5.41) is 12.2. The van der Waals surface area contributed by atoms with Crippen LogP contribution in [0.2, 0.25) is 0 Å². The van der Waals surface area contributed by atoms with Crippen LogP contribution in [-0.2, 0) is 6.42 Å². The van der Waals surface area contributed by atoms with E-state index in [0.717, 1.165) is 10.3 Å². The van der Waals surface area contributed by atoms with Gasteiger partial charge in [0.2, 0.25) is 0 Å². The molecule has 0 aromatic carbocycles. The maximum Gasteiger partial charge on any atom is 0.255 e. The summed E-state index contributed by atoms with van der Waals surface area (Å²) in [6.45, 7) is 0.476. The van der Waals surface area contributed by atoms with Crippen LogP contribution in [0.5, 0.6) is 0 Å². The van der Waals surface area contributed by atoms with Crippen molar-refractivity contribution in [3.8, 4) is 0 Å². The number of hydrogen-bond donors (Lipinski definition) is 3. The summed E-state index contributed by atoms with van der Waals surface area (Å²) in [4.78, 5) is 20.2. The number of hydrogen-bond acceptors (Lipinski definition) is 5. The zero-order valence-electron chi connectivity index (χ0n) is 10.3. The van der Waals surface area contributed by atoms with E-state index in [1.807, 2.05) is 0 Å². The SMILES string of the molecule is CNc1ncc(Br)cc1C(=O)NCCc1ncn[nH]1. The molecule has 0 aliphatic carbocycles. The Labute approximate surface area is 118 Å². The van der Waals surface area contributed by atoms with Gasteiger partial charge in [-0.1, -0.05) is 0 Å². The van der Waals surface area contributed by atoms with Gasteiger partial charge in [0.15, 0.2) is 0 Å². The summed E-state index contributed by atoms with van der Waals surface area (Å²) in [5.41, 5.74) is 0.495. The molecule has 0 saturated carbocycles. The molecule has 19 heavy (non-hydrogen) atoms. The van der Waals surface area contributed by atoms with Gasteiger partial charge in [-0.25, -0.2) is 9.97 Å². The number of carbonyl (C=O) groups is 1.